The molecule has 1 aliphatic rings. The lowest BCUT2D eigenvalue weighted by molar-refractivity contribution is -0.121. The number of aromatic nitrogens is 4. The number of rotatable bonds is 4. The molecule has 0 bridgehead atoms. The largest absolute Gasteiger partial charge is 0.338 e. The van der Waals surface area contributed by atoms with Crippen LogP contribution in [0.25, 0.3) is 22.2 Å². The van der Waals surface area contributed by atoms with Gasteiger partial charge in [-0.25, -0.2) is 0 Å². The Morgan fingerprint density at radius 3 is 2.75 bits per heavy atom. The Labute approximate surface area is 184 Å². The van der Waals surface area contributed by atoms with E-state index in [9.17, 15) is 9.59 Å². The fraction of sp³-hybridized carbons (Fsp3) is 0.208. The topological polar surface area (TPSA) is 104 Å². The number of carbonyl (C=O) groups is 2. The van der Waals surface area contributed by atoms with E-state index in [0.29, 0.717) is 30.2 Å². The molecule has 2 N–H and O–H groups in total. The number of tetrazole rings is 1. The first-order valence-electron chi connectivity index (χ1n) is 10.6. The number of benzene rings is 3. The molecular weight excluding hydrogens is 404 g/mol. The molecule has 0 saturated carbocycles. The summed E-state index contributed by atoms with van der Waals surface area (Å²) in [5.74, 6) is 0.0752. The van der Waals surface area contributed by atoms with Crippen LogP contribution in [-0.2, 0) is 4.79 Å². The Bertz CT molecular complexity index is 1270. The summed E-state index contributed by atoms with van der Waals surface area (Å²) in [7, 11) is 0. The lowest BCUT2D eigenvalue weighted by Crippen LogP contribution is -2.43. The van der Waals surface area contributed by atoms with Crippen LogP contribution in [0.4, 0.5) is 5.69 Å². The molecule has 0 radical (unpaired) electrons. The Morgan fingerprint density at radius 2 is 1.88 bits per heavy atom. The zero-order valence-electron chi connectivity index (χ0n) is 17.4. The summed E-state index contributed by atoms with van der Waals surface area (Å²) in [4.78, 5) is 28.1. The number of hydrogen-bond acceptors (Lipinski definition) is 5. The van der Waals surface area contributed by atoms with Crippen molar-refractivity contribution in [1.82, 2.24) is 25.5 Å². The molecule has 5 rings (SSSR count). The van der Waals surface area contributed by atoms with Crippen LogP contribution >= 0.6 is 0 Å². The fourth-order valence-electron chi connectivity index (χ4n) is 4.22. The van der Waals surface area contributed by atoms with Crippen molar-refractivity contribution in [2.45, 2.75) is 12.8 Å². The summed E-state index contributed by atoms with van der Waals surface area (Å²) < 4.78 is 0. The van der Waals surface area contributed by atoms with Crippen molar-refractivity contribution in [3.05, 3.63) is 72.3 Å². The number of hydrogen-bond donors (Lipinski definition) is 2. The highest BCUT2D eigenvalue weighted by Crippen LogP contribution is 2.25. The third kappa shape index (κ3) is 3.94. The van der Waals surface area contributed by atoms with Crippen LogP contribution < -0.4 is 5.32 Å². The molecule has 8 nitrogen and oxygen atoms in total. The second-order valence-corrected chi connectivity index (χ2v) is 7.92. The average molecular weight is 426 g/mol. The van der Waals surface area contributed by atoms with Gasteiger partial charge in [-0.1, -0.05) is 48.5 Å². The van der Waals surface area contributed by atoms with Crippen molar-refractivity contribution in [2.75, 3.05) is 18.4 Å². The van der Waals surface area contributed by atoms with Crippen molar-refractivity contribution >= 4 is 28.3 Å². The zero-order chi connectivity index (χ0) is 21.9. The van der Waals surface area contributed by atoms with Gasteiger partial charge >= 0.3 is 0 Å². The van der Waals surface area contributed by atoms with Gasteiger partial charge in [0.25, 0.3) is 5.91 Å². The van der Waals surface area contributed by atoms with Gasteiger partial charge in [0.05, 0.1) is 5.92 Å². The van der Waals surface area contributed by atoms with E-state index in [0.717, 1.165) is 29.2 Å². The number of likely N-dealkylation sites (tertiary alicyclic amines) is 1. The van der Waals surface area contributed by atoms with Gasteiger partial charge < -0.3 is 10.2 Å². The van der Waals surface area contributed by atoms with Gasteiger partial charge in [0.1, 0.15) is 0 Å². The molecule has 1 atom stereocenters. The molecule has 1 saturated heterocycles. The van der Waals surface area contributed by atoms with Crippen molar-refractivity contribution in [3.63, 3.8) is 0 Å². The third-order valence-corrected chi connectivity index (χ3v) is 5.83. The number of amides is 2. The molecule has 1 fully saturated rings. The lowest BCUT2D eigenvalue weighted by Gasteiger charge is -2.32. The van der Waals surface area contributed by atoms with E-state index < -0.39 is 0 Å². The highest BCUT2D eigenvalue weighted by molar-refractivity contribution is 6.07. The molecule has 3 aromatic carbocycles. The predicted molar refractivity (Wildman–Crippen MR) is 121 cm³/mol. The third-order valence-electron chi connectivity index (χ3n) is 5.83. The van der Waals surface area contributed by atoms with E-state index in [4.69, 9.17) is 0 Å². The van der Waals surface area contributed by atoms with Crippen molar-refractivity contribution in [1.29, 1.82) is 0 Å². The van der Waals surface area contributed by atoms with Crippen molar-refractivity contribution in [3.8, 4) is 11.4 Å². The number of anilines is 1. The van der Waals surface area contributed by atoms with E-state index in [1.807, 2.05) is 66.7 Å². The summed E-state index contributed by atoms with van der Waals surface area (Å²) in [5.41, 5.74) is 2.10. The second-order valence-electron chi connectivity index (χ2n) is 7.92. The molecule has 0 aliphatic carbocycles. The van der Waals surface area contributed by atoms with Crippen LogP contribution in [-0.4, -0.2) is 50.4 Å². The van der Waals surface area contributed by atoms with Crippen LogP contribution in [0, 0.1) is 5.92 Å². The Balaban J connectivity index is 1.30. The maximum Gasteiger partial charge on any atom is 0.254 e. The van der Waals surface area contributed by atoms with E-state index in [1.165, 1.54) is 0 Å². The van der Waals surface area contributed by atoms with Crippen molar-refractivity contribution < 1.29 is 9.59 Å². The van der Waals surface area contributed by atoms with Gasteiger partial charge in [-0.3, -0.25) is 9.59 Å². The van der Waals surface area contributed by atoms with Crippen molar-refractivity contribution in [2.24, 2.45) is 5.92 Å². The number of piperidine rings is 1. The fourth-order valence-corrected chi connectivity index (χ4v) is 4.22. The monoisotopic (exact) mass is 426 g/mol. The Kier molecular flexibility index (Phi) is 5.33. The minimum Gasteiger partial charge on any atom is -0.338 e. The van der Waals surface area contributed by atoms with Gasteiger partial charge in [0, 0.05) is 29.9 Å². The number of fused-ring (bicyclic) bond motifs is 1. The maximum absolute atomic E-state index is 13.3. The maximum atomic E-state index is 13.3. The SMILES string of the molecule is O=C(Nc1cccc(-c2nn[nH]n2)c1)[C@H]1CCCN(C(=O)c2cccc3ccccc23)C1. The normalized spacial score (nSPS) is 16.1. The van der Waals surface area contributed by atoms with Gasteiger partial charge in [0.2, 0.25) is 11.7 Å². The summed E-state index contributed by atoms with van der Waals surface area (Å²) in [6, 6.07) is 21.0. The summed E-state index contributed by atoms with van der Waals surface area (Å²) in [5, 5.41) is 18.9. The zero-order valence-corrected chi connectivity index (χ0v) is 17.4. The second kappa shape index (κ2) is 8.58. The summed E-state index contributed by atoms with van der Waals surface area (Å²) in [6.45, 7) is 1.05. The lowest BCUT2D eigenvalue weighted by atomic mass is 9.95. The predicted octanol–water partition coefficient (Wildman–Crippen LogP) is 3.51. The molecule has 1 aliphatic heterocycles. The smallest absolute Gasteiger partial charge is 0.254 e. The van der Waals surface area contributed by atoms with E-state index in [1.54, 1.807) is 4.90 Å². The number of H-pyrrole nitrogens is 1. The average Bonchev–Trinajstić information content (AvgIpc) is 3.39. The minimum atomic E-state index is -0.267. The molecule has 1 aromatic heterocycles. The summed E-state index contributed by atoms with van der Waals surface area (Å²) >= 11 is 0. The van der Waals surface area contributed by atoms with Gasteiger partial charge in [-0.05, 0) is 47.0 Å². The van der Waals surface area contributed by atoms with Crippen LogP contribution in [0.15, 0.2) is 66.7 Å². The molecule has 0 spiro atoms. The standard InChI is InChI=1S/C24H22N6O2/c31-23(25-19-10-3-8-17(14-19)22-26-28-29-27-22)18-9-5-13-30(15-18)24(32)21-12-4-7-16-6-1-2-11-20(16)21/h1-4,6-8,10-12,14,18H,5,9,13,15H2,(H,25,31)(H,26,27,28,29)/t18-/m0/s1. The summed E-state index contributed by atoms with van der Waals surface area (Å²) in [6.07, 6.45) is 1.53. The quantitative estimate of drug-likeness (QED) is 0.520. The highest BCUT2D eigenvalue weighted by Gasteiger charge is 2.29. The van der Waals surface area contributed by atoms with Gasteiger partial charge in [-0.15, -0.1) is 10.2 Å². The van der Waals surface area contributed by atoms with Crippen LogP contribution in [0.1, 0.15) is 23.2 Å². The van der Waals surface area contributed by atoms with Crippen LogP contribution in [0.3, 0.4) is 0 Å². The van der Waals surface area contributed by atoms with E-state index >= 15 is 0 Å². The molecular formula is C24H22N6O2. The van der Waals surface area contributed by atoms with E-state index in [2.05, 4.69) is 25.9 Å². The minimum absolute atomic E-state index is 0.0293. The van der Waals surface area contributed by atoms with Gasteiger partial charge in [0.15, 0.2) is 0 Å². The molecule has 8 heteroatoms. The van der Waals surface area contributed by atoms with E-state index in [-0.39, 0.29) is 17.7 Å². The Hall–Kier alpha value is -4.07. The number of nitrogens with one attached hydrogen (secondary N) is 2. The van der Waals surface area contributed by atoms with Crippen LogP contribution in [0.2, 0.25) is 0 Å². The highest BCUT2D eigenvalue weighted by atomic mass is 16.2. The molecule has 2 amide bonds. The Morgan fingerprint density at radius 1 is 1.03 bits per heavy atom. The molecule has 4 aromatic rings. The first kappa shape index (κ1) is 19.9. The molecule has 160 valence electrons. The first-order chi connectivity index (χ1) is 15.7. The first-order valence-corrected chi connectivity index (χ1v) is 10.6. The number of nitrogens with zero attached hydrogens (tertiary/aromatic N) is 4. The molecule has 32 heavy (non-hydrogen) atoms. The molecule has 0 unspecified atom stereocenters. The number of carbonyl (C=O) groups excluding carboxylic acids is 2. The molecule has 2 heterocycles. The number of aromatic amines is 1. The van der Waals surface area contributed by atoms with Crippen LogP contribution in [0.5, 0.6) is 0 Å². The van der Waals surface area contributed by atoms with Gasteiger partial charge in [-0.2, -0.15) is 5.21 Å².